The maximum atomic E-state index is 6.18. The van der Waals surface area contributed by atoms with Gasteiger partial charge in [0.25, 0.3) is 0 Å². The summed E-state index contributed by atoms with van der Waals surface area (Å²) in [4.78, 5) is 0. The Balaban J connectivity index is 2.18. The van der Waals surface area contributed by atoms with Crippen LogP contribution in [-0.2, 0) is 13.6 Å². The zero-order chi connectivity index (χ0) is 14.7. The van der Waals surface area contributed by atoms with Gasteiger partial charge < -0.3 is 14.8 Å². The van der Waals surface area contributed by atoms with Crippen molar-refractivity contribution >= 4 is 17.3 Å². The first kappa shape index (κ1) is 14.5. The molecule has 0 spiro atoms. The van der Waals surface area contributed by atoms with E-state index < -0.39 is 0 Å². The highest BCUT2D eigenvalue weighted by Gasteiger charge is 2.11. The maximum absolute atomic E-state index is 6.18. The zero-order valence-electron chi connectivity index (χ0n) is 12.0. The van der Waals surface area contributed by atoms with Crippen molar-refractivity contribution in [2.24, 2.45) is 7.05 Å². The van der Waals surface area contributed by atoms with Gasteiger partial charge in [-0.15, -0.1) is 0 Å². The number of ether oxygens (including phenoxy) is 2. The van der Waals surface area contributed by atoms with Gasteiger partial charge in [-0.2, -0.15) is 5.10 Å². The molecular weight excluding hydrogens is 278 g/mol. The van der Waals surface area contributed by atoms with E-state index in [1.807, 2.05) is 32.3 Å². The molecule has 0 fully saturated rings. The second-order valence-electron chi connectivity index (χ2n) is 4.47. The Bertz CT molecular complexity index is 611. The van der Waals surface area contributed by atoms with Gasteiger partial charge in [-0.1, -0.05) is 11.6 Å². The Morgan fingerprint density at radius 1 is 1.30 bits per heavy atom. The molecule has 1 N–H and O–H groups in total. The van der Waals surface area contributed by atoms with Crippen molar-refractivity contribution in [2.75, 3.05) is 19.5 Å². The summed E-state index contributed by atoms with van der Waals surface area (Å²) in [7, 11) is 5.06. The quantitative estimate of drug-likeness (QED) is 0.921. The number of hydrogen-bond acceptors (Lipinski definition) is 4. The van der Waals surface area contributed by atoms with Gasteiger partial charge in [0, 0.05) is 19.8 Å². The third-order valence-corrected chi connectivity index (χ3v) is 3.27. The van der Waals surface area contributed by atoms with Gasteiger partial charge in [-0.3, -0.25) is 4.68 Å². The molecule has 0 aliphatic carbocycles. The third-order valence-electron chi connectivity index (χ3n) is 2.99. The molecule has 0 radical (unpaired) electrons. The van der Waals surface area contributed by atoms with E-state index in [0.717, 1.165) is 16.9 Å². The third kappa shape index (κ3) is 2.99. The van der Waals surface area contributed by atoms with E-state index in [4.69, 9.17) is 21.1 Å². The minimum Gasteiger partial charge on any atom is -0.493 e. The molecule has 0 saturated heterocycles. The fourth-order valence-corrected chi connectivity index (χ4v) is 2.35. The van der Waals surface area contributed by atoms with Gasteiger partial charge >= 0.3 is 0 Å². The van der Waals surface area contributed by atoms with Crippen LogP contribution in [0.3, 0.4) is 0 Å². The molecule has 1 heterocycles. The fraction of sp³-hybridized carbons (Fsp3) is 0.357. The second kappa shape index (κ2) is 6.05. The van der Waals surface area contributed by atoms with Crippen LogP contribution in [0.4, 0.5) is 5.69 Å². The molecule has 0 unspecified atom stereocenters. The van der Waals surface area contributed by atoms with E-state index in [9.17, 15) is 0 Å². The van der Waals surface area contributed by atoms with Crippen molar-refractivity contribution in [1.29, 1.82) is 0 Å². The van der Waals surface area contributed by atoms with Gasteiger partial charge in [0.2, 0.25) is 0 Å². The van der Waals surface area contributed by atoms with Gasteiger partial charge in [-0.25, -0.2) is 0 Å². The fourth-order valence-electron chi connectivity index (χ4n) is 2.04. The van der Waals surface area contributed by atoms with Gasteiger partial charge in [0.1, 0.15) is 0 Å². The smallest absolute Gasteiger partial charge is 0.179 e. The molecule has 2 rings (SSSR count). The van der Waals surface area contributed by atoms with Crippen LogP contribution in [0.1, 0.15) is 11.3 Å². The molecule has 0 aliphatic heterocycles. The summed E-state index contributed by atoms with van der Waals surface area (Å²) in [6.45, 7) is 2.59. The summed E-state index contributed by atoms with van der Waals surface area (Å²) in [5, 5.41) is 8.15. The summed E-state index contributed by atoms with van der Waals surface area (Å²) >= 11 is 6.18. The Labute approximate surface area is 123 Å². The van der Waals surface area contributed by atoms with Crippen molar-refractivity contribution in [1.82, 2.24) is 9.78 Å². The van der Waals surface area contributed by atoms with Crippen molar-refractivity contribution in [3.8, 4) is 11.5 Å². The summed E-state index contributed by atoms with van der Waals surface area (Å²) in [6.07, 6.45) is 1.94. The first-order chi connectivity index (χ1) is 9.55. The van der Waals surface area contributed by atoms with Gasteiger partial charge in [0.05, 0.1) is 30.6 Å². The molecule has 0 aliphatic rings. The van der Waals surface area contributed by atoms with Crippen molar-refractivity contribution in [3.05, 3.63) is 34.6 Å². The lowest BCUT2D eigenvalue weighted by atomic mass is 10.2. The normalized spacial score (nSPS) is 10.4. The lowest BCUT2D eigenvalue weighted by Gasteiger charge is -2.12. The van der Waals surface area contributed by atoms with Crippen molar-refractivity contribution in [3.63, 3.8) is 0 Å². The van der Waals surface area contributed by atoms with Crippen molar-refractivity contribution < 1.29 is 9.47 Å². The number of halogens is 1. The molecule has 108 valence electrons. The first-order valence-corrected chi connectivity index (χ1v) is 6.57. The number of nitrogens with zero attached hydrogens (tertiary/aromatic N) is 2. The SMILES string of the molecule is COc1cc(CNc2cn(C)nc2C)cc(Cl)c1OC. The van der Waals surface area contributed by atoms with E-state index in [1.165, 1.54) is 0 Å². The number of aromatic nitrogens is 2. The zero-order valence-corrected chi connectivity index (χ0v) is 12.8. The first-order valence-electron chi connectivity index (χ1n) is 6.19. The number of anilines is 1. The summed E-state index contributed by atoms with van der Waals surface area (Å²) < 4.78 is 12.3. The minimum atomic E-state index is 0.534. The van der Waals surface area contributed by atoms with Crippen LogP contribution in [-0.4, -0.2) is 24.0 Å². The summed E-state index contributed by atoms with van der Waals surface area (Å²) in [5.74, 6) is 1.18. The largest absolute Gasteiger partial charge is 0.493 e. The van der Waals surface area contributed by atoms with Gasteiger partial charge in [0.15, 0.2) is 11.5 Å². The summed E-state index contributed by atoms with van der Waals surface area (Å²) in [5.41, 5.74) is 2.97. The molecule has 6 heteroatoms. The van der Waals surface area contributed by atoms with E-state index in [2.05, 4.69) is 10.4 Å². The molecule has 2 aromatic rings. The predicted octanol–water partition coefficient (Wildman–Crippen LogP) is 3.01. The Kier molecular flexibility index (Phi) is 4.39. The Morgan fingerprint density at radius 2 is 2.05 bits per heavy atom. The van der Waals surface area contributed by atoms with Crippen LogP contribution in [0.2, 0.25) is 5.02 Å². The number of benzene rings is 1. The van der Waals surface area contributed by atoms with Crippen LogP contribution in [0.25, 0.3) is 0 Å². The second-order valence-corrected chi connectivity index (χ2v) is 4.88. The number of methoxy groups -OCH3 is 2. The molecule has 0 amide bonds. The average Bonchev–Trinajstić information content (AvgIpc) is 2.74. The van der Waals surface area contributed by atoms with Crippen LogP contribution >= 0.6 is 11.6 Å². The minimum absolute atomic E-state index is 0.534. The van der Waals surface area contributed by atoms with Crippen LogP contribution in [0, 0.1) is 6.92 Å². The molecule has 0 bridgehead atoms. The molecule has 0 atom stereocenters. The molecule has 20 heavy (non-hydrogen) atoms. The number of rotatable bonds is 5. The number of aryl methyl sites for hydroxylation is 2. The maximum Gasteiger partial charge on any atom is 0.179 e. The molecule has 1 aromatic carbocycles. The van der Waals surface area contributed by atoms with E-state index in [0.29, 0.717) is 23.1 Å². The highest BCUT2D eigenvalue weighted by atomic mass is 35.5. The van der Waals surface area contributed by atoms with E-state index >= 15 is 0 Å². The molecule has 1 aromatic heterocycles. The molecular formula is C14H18ClN3O2. The average molecular weight is 296 g/mol. The highest BCUT2D eigenvalue weighted by molar-refractivity contribution is 6.32. The van der Waals surface area contributed by atoms with Crippen LogP contribution in [0.5, 0.6) is 11.5 Å². The molecule has 5 nitrogen and oxygen atoms in total. The highest BCUT2D eigenvalue weighted by Crippen LogP contribution is 2.36. The number of nitrogens with one attached hydrogen (secondary N) is 1. The molecule has 0 saturated carbocycles. The van der Waals surface area contributed by atoms with E-state index in [-0.39, 0.29) is 0 Å². The predicted molar refractivity (Wildman–Crippen MR) is 79.8 cm³/mol. The lowest BCUT2D eigenvalue weighted by molar-refractivity contribution is 0.355. The van der Waals surface area contributed by atoms with Crippen LogP contribution in [0.15, 0.2) is 18.3 Å². The Hall–Kier alpha value is -1.88. The Morgan fingerprint density at radius 3 is 2.60 bits per heavy atom. The number of hydrogen-bond donors (Lipinski definition) is 1. The topological polar surface area (TPSA) is 48.3 Å². The standard InChI is InChI=1S/C14H18ClN3O2/c1-9-12(8-18(2)17-9)16-7-10-5-11(15)14(20-4)13(6-10)19-3/h5-6,8,16H,7H2,1-4H3. The monoisotopic (exact) mass is 295 g/mol. The lowest BCUT2D eigenvalue weighted by Crippen LogP contribution is -2.01. The van der Waals surface area contributed by atoms with Crippen molar-refractivity contribution in [2.45, 2.75) is 13.5 Å². The van der Waals surface area contributed by atoms with Crippen LogP contribution < -0.4 is 14.8 Å². The van der Waals surface area contributed by atoms with Gasteiger partial charge in [-0.05, 0) is 24.6 Å². The summed E-state index contributed by atoms with van der Waals surface area (Å²) in [6, 6.07) is 3.77. The van der Waals surface area contributed by atoms with E-state index in [1.54, 1.807) is 18.9 Å².